The number of carbonyl (C=O) groups excluding carboxylic acids is 2. The summed E-state index contributed by atoms with van der Waals surface area (Å²) in [4.78, 5) is 27.6. The largest absolute Gasteiger partial charge is 0.352 e. The molecule has 0 saturated heterocycles. The summed E-state index contributed by atoms with van der Waals surface area (Å²) in [6.07, 6.45) is 2.35. The molecule has 0 spiro atoms. The molecule has 2 aromatic rings. The minimum Gasteiger partial charge on any atom is -0.352 e. The number of nitrogens with zero attached hydrogens (tertiary/aromatic N) is 2. The molecule has 9 heteroatoms. The number of hydrogen-bond acceptors (Lipinski definition) is 4. The van der Waals surface area contributed by atoms with E-state index in [1.807, 2.05) is 32.0 Å². The highest BCUT2D eigenvalue weighted by atomic mass is 35.5. The van der Waals surface area contributed by atoms with Crippen LogP contribution in [0.25, 0.3) is 0 Å². The maximum absolute atomic E-state index is 13.2. The van der Waals surface area contributed by atoms with Crippen LogP contribution in [0.5, 0.6) is 0 Å². The van der Waals surface area contributed by atoms with E-state index in [1.165, 1.54) is 9.21 Å². The molecular formula is C25H34ClN3O4S. The molecule has 2 amide bonds. The zero-order valence-corrected chi connectivity index (χ0v) is 21.8. The number of halogens is 1. The van der Waals surface area contributed by atoms with Crippen LogP contribution in [0.2, 0.25) is 5.02 Å². The second kappa shape index (κ2) is 12.8. The molecule has 0 fully saturated rings. The van der Waals surface area contributed by atoms with Gasteiger partial charge >= 0.3 is 0 Å². The van der Waals surface area contributed by atoms with Gasteiger partial charge in [-0.05, 0) is 56.5 Å². The molecule has 0 aliphatic carbocycles. The van der Waals surface area contributed by atoms with E-state index in [2.05, 4.69) is 5.32 Å². The van der Waals surface area contributed by atoms with E-state index in [4.69, 9.17) is 11.6 Å². The van der Waals surface area contributed by atoms with Gasteiger partial charge in [0.15, 0.2) is 0 Å². The third-order valence-electron chi connectivity index (χ3n) is 5.63. The summed E-state index contributed by atoms with van der Waals surface area (Å²) in [6, 6.07) is 15.2. The monoisotopic (exact) mass is 507 g/mol. The lowest BCUT2D eigenvalue weighted by atomic mass is 10.1. The van der Waals surface area contributed by atoms with Crippen molar-refractivity contribution >= 4 is 39.1 Å². The Bertz CT molecular complexity index is 1050. The molecular weight excluding hydrogens is 474 g/mol. The predicted molar refractivity (Wildman–Crippen MR) is 137 cm³/mol. The minimum absolute atomic E-state index is 0.00312. The van der Waals surface area contributed by atoms with Crippen molar-refractivity contribution in [2.45, 2.75) is 58.7 Å². The van der Waals surface area contributed by atoms with Gasteiger partial charge in [0, 0.05) is 30.6 Å². The molecule has 0 heterocycles. The van der Waals surface area contributed by atoms with E-state index in [0.29, 0.717) is 17.1 Å². The van der Waals surface area contributed by atoms with Crippen molar-refractivity contribution in [2.24, 2.45) is 0 Å². The van der Waals surface area contributed by atoms with E-state index in [-0.39, 0.29) is 37.4 Å². The number of hydrogen-bond donors (Lipinski definition) is 1. The summed E-state index contributed by atoms with van der Waals surface area (Å²) in [5.41, 5.74) is 1.40. The SMILES string of the molecule is CC[C@@H](C)NC(=O)[C@H](C)N(Cc1ccc(Cl)cc1)C(=O)CCCN(c1ccccc1)S(C)(=O)=O. The van der Waals surface area contributed by atoms with Crippen LogP contribution >= 0.6 is 11.6 Å². The van der Waals surface area contributed by atoms with Gasteiger partial charge in [-0.3, -0.25) is 13.9 Å². The topological polar surface area (TPSA) is 86.8 Å². The fraction of sp³-hybridized carbons (Fsp3) is 0.440. The van der Waals surface area contributed by atoms with Gasteiger partial charge in [0.05, 0.1) is 11.9 Å². The van der Waals surface area contributed by atoms with Crippen molar-refractivity contribution in [3.63, 3.8) is 0 Å². The molecule has 2 rings (SSSR count). The molecule has 7 nitrogen and oxygen atoms in total. The van der Waals surface area contributed by atoms with Crippen LogP contribution in [0.15, 0.2) is 54.6 Å². The number of benzene rings is 2. The van der Waals surface area contributed by atoms with Crippen LogP contribution in [0.3, 0.4) is 0 Å². The lowest BCUT2D eigenvalue weighted by Crippen LogP contribution is -2.49. The van der Waals surface area contributed by atoms with Crippen molar-refractivity contribution < 1.29 is 18.0 Å². The molecule has 0 aliphatic heterocycles. The van der Waals surface area contributed by atoms with Gasteiger partial charge in [-0.25, -0.2) is 8.42 Å². The third kappa shape index (κ3) is 8.33. The van der Waals surface area contributed by atoms with E-state index in [1.54, 1.807) is 43.3 Å². The quantitative estimate of drug-likeness (QED) is 0.466. The molecule has 0 bridgehead atoms. The number of amides is 2. The molecule has 0 radical (unpaired) electrons. The van der Waals surface area contributed by atoms with Gasteiger partial charge in [0.1, 0.15) is 6.04 Å². The smallest absolute Gasteiger partial charge is 0.242 e. The van der Waals surface area contributed by atoms with Crippen molar-refractivity contribution in [3.05, 3.63) is 65.2 Å². The second-order valence-corrected chi connectivity index (χ2v) is 10.8. The first-order chi connectivity index (χ1) is 16.0. The number of para-hydroxylation sites is 1. The van der Waals surface area contributed by atoms with Crippen molar-refractivity contribution in [3.8, 4) is 0 Å². The Morgan fingerprint density at radius 2 is 1.65 bits per heavy atom. The summed E-state index contributed by atoms with van der Waals surface area (Å²) < 4.78 is 25.9. The second-order valence-electron chi connectivity index (χ2n) is 8.42. The Morgan fingerprint density at radius 1 is 1.03 bits per heavy atom. The third-order valence-corrected chi connectivity index (χ3v) is 7.08. The van der Waals surface area contributed by atoms with Crippen LogP contribution in [0.1, 0.15) is 45.6 Å². The molecule has 1 N–H and O–H groups in total. The van der Waals surface area contributed by atoms with Gasteiger partial charge < -0.3 is 10.2 Å². The average molecular weight is 508 g/mol. The van der Waals surface area contributed by atoms with E-state index < -0.39 is 16.1 Å². The highest BCUT2D eigenvalue weighted by Gasteiger charge is 2.27. The van der Waals surface area contributed by atoms with Gasteiger partial charge in [-0.1, -0.05) is 48.9 Å². The molecule has 2 aromatic carbocycles. The summed E-state index contributed by atoms with van der Waals surface area (Å²) in [5.74, 6) is -0.443. The molecule has 0 saturated carbocycles. The zero-order valence-electron chi connectivity index (χ0n) is 20.2. The molecule has 0 unspecified atom stereocenters. The summed E-state index contributed by atoms with van der Waals surface area (Å²) in [5, 5.41) is 3.52. The number of anilines is 1. The lowest BCUT2D eigenvalue weighted by Gasteiger charge is -2.30. The fourth-order valence-electron chi connectivity index (χ4n) is 3.43. The summed E-state index contributed by atoms with van der Waals surface area (Å²) >= 11 is 5.98. The Labute approximate surface area is 208 Å². The number of sulfonamides is 1. The number of rotatable bonds is 12. The predicted octanol–water partition coefficient (Wildman–Crippen LogP) is 4.22. The van der Waals surface area contributed by atoms with E-state index in [0.717, 1.165) is 18.2 Å². The summed E-state index contributed by atoms with van der Waals surface area (Å²) in [6.45, 7) is 6.01. The zero-order chi connectivity index (χ0) is 25.3. The molecule has 34 heavy (non-hydrogen) atoms. The average Bonchev–Trinajstić information content (AvgIpc) is 2.80. The lowest BCUT2D eigenvalue weighted by molar-refractivity contribution is -0.140. The maximum atomic E-state index is 13.2. The van der Waals surface area contributed by atoms with E-state index >= 15 is 0 Å². The first-order valence-electron chi connectivity index (χ1n) is 11.4. The van der Waals surface area contributed by atoms with Gasteiger partial charge in [0.2, 0.25) is 21.8 Å². The standard InChI is InChI=1S/C25H34ClN3O4S/c1-5-19(2)27-25(31)20(3)28(18-21-13-15-22(26)16-14-21)24(30)12-9-17-29(34(4,32)33)23-10-7-6-8-11-23/h6-8,10-11,13-16,19-20H,5,9,12,17-18H2,1-4H3,(H,27,31)/t19-,20+/m1/s1. The fourth-order valence-corrected chi connectivity index (χ4v) is 4.52. The normalized spacial score (nSPS) is 13.1. The maximum Gasteiger partial charge on any atom is 0.242 e. The molecule has 2 atom stereocenters. The van der Waals surface area contributed by atoms with Crippen molar-refractivity contribution in [2.75, 3.05) is 17.1 Å². The first kappa shape index (κ1) is 27.7. The highest BCUT2D eigenvalue weighted by Crippen LogP contribution is 2.19. The van der Waals surface area contributed by atoms with Crippen LogP contribution < -0.4 is 9.62 Å². The van der Waals surface area contributed by atoms with Crippen LogP contribution in [0.4, 0.5) is 5.69 Å². The number of carbonyl (C=O) groups is 2. The van der Waals surface area contributed by atoms with Crippen LogP contribution in [0, 0.1) is 0 Å². The van der Waals surface area contributed by atoms with Crippen LogP contribution in [-0.4, -0.2) is 50.0 Å². The van der Waals surface area contributed by atoms with E-state index in [9.17, 15) is 18.0 Å². The number of nitrogens with one attached hydrogen (secondary N) is 1. The van der Waals surface area contributed by atoms with Crippen molar-refractivity contribution in [1.82, 2.24) is 10.2 Å². The Balaban J connectivity index is 2.14. The molecule has 0 aliphatic rings. The molecule has 186 valence electrons. The van der Waals surface area contributed by atoms with Gasteiger partial charge in [-0.2, -0.15) is 0 Å². The first-order valence-corrected chi connectivity index (χ1v) is 13.6. The molecule has 0 aromatic heterocycles. The minimum atomic E-state index is -3.50. The van der Waals surface area contributed by atoms with Crippen molar-refractivity contribution in [1.29, 1.82) is 0 Å². The highest BCUT2D eigenvalue weighted by molar-refractivity contribution is 7.92. The van der Waals surface area contributed by atoms with Gasteiger partial charge in [0.25, 0.3) is 0 Å². The van der Waals surface area contributed by atoms with Gasteiger partial charge in [-0.15, -0.1) is 0 Å². The Kier molecular flexibility index (Phi) is 10.4. The Morgan fingerprint density at radius 3 is 2.21 bits per heavy atom. The van der Waals surface area contributed by atoms with Crippen LogP contribution in [-0.2, 0) is 26.2 Å². The Hall–Kier alpha value is -2.58. The summed E-state index contributed by atoms with van der Waals surface area (Å²) in [7, 11) is -3.50.